The lowest BCUT2D eigenvalue weighted by atomic mass is 10.0. The maximum atomic E-state index is 13.8. The molecule has 53 heavy (non-hydrogen) atoms. The van der Waals surface area contributed by atoms with Crippen LogP contribution >= 0.6 is 0 Å². The number of unbranched alkanes of at least 4 members (excludes halogenated alkanes) is 3. The number of benzene rings is 3. The number of aromatic amines is 1. The van der Waals surface area contributed by atoms with Gasteiger partial charge in [-0.25, -0.2) is 9.59 Å². The Morgan fingerprint density at radius 3 is 2.15 bits per heavy atom. The largest absolute Gasteiger partial charge is 0.494 e. The van der Waals surface area contributed by atoms with Crippen LogP contribution in [0.25, 0.3) is 10.9 Å². The minimum Gasteiger partial charge on any atom is -0.494 e. The molecule has 0 radical (unpaired) electrons. The lowest BCUT2D eigenvalue weighted by Crippen LogP contribution is -2.46. The number of H-pyrrole nitrogens is 1. The maximum Gasteiger partial charge on any atom is 0.410 e. The molecular weight excluding hydrogens is 689 g/mol. The first-order valence-electron chi connectivity index (χ1n) is 18.4. The number of fused-ring (bicyclic) bond motifs is 1. The third-order valence-corrected chi connectivity index (χ3v) is 13.9. The first-order chi connectivity index (χ1) is 24.9. The highest BCUT2D eigenvalue weighted by atomic mass is 28.4. The van der Waals surface area contributed by atoms with E-state index in [0.29, 0.717) is 36.8 Å². The van der Waals surface area contributed by atoms with E-state index in [1.165, 1.54) is 18.2 Å². The first-order valence-corrected chi connectivity index (χ1v) is 21.3. The van der Waals surface area contributed by atoms with Gasteiger partial charge in [-0.1, -0.05) is 70.0 Å². The summed E-state index contributed by atoms with van der Waals surface area (Å²) < 4.78 is 25.1. The van der Waals surface area contributed by atoms with E-state index in [-0.39, 0.29) is 22.7 Å². The molecule has 1 heterocycles. The van der Waals surface area contributed by atoms with Crippen molar-refractivity contribution in [1.29, 1.82) is 0 Å². The summed E-state index contributed by atoms with van der Waals surface area (Å²) in [6, 6.07) is 23.4. The summed E-state index contributed by atoms with van der Waals surface area (Å²) in [5.41, 5.74) is 1.74. The molecule has 286 valence electrons. The third-order valence-electron chi connectivity index (χ3n) is 9.45. The Bertz CT molecular complexity index is 1860. The molecule has 0 aliphatic carbocycles. The molecule has 0 bridgehead atoms. The summed E-state index contributed by atoms with van der Waals surface area (Å²) in [7, 11) is -2.39. The summed E-state index contributed by atoms with van der Waals surface area (Å²) in [6.45, 7) is 18.1. The van der Waals surface area contributed by atoms with Gasteiger partial charge in [0.2, 0.25) is 5.56 Å². The summed E-state index contributed by atoms with van der Waals surface area (Å²) in [4.78, 5) is 42.3. The average molecular weight is 745 g/mol. The molecule has 0 saturated heterocycles. The van der Waals surface area contributed by atoms with Gasteiger partial charge in [-0.2, -0.15) is 0 Å². The number of hydrogen-bond donors (Lipinski definition) is 2. The average Bonchev–Trinajstić information content (AvgIpc) is 3.08. The Morgan fingerprint density at radius 2 is 1.51 bits per heavy atom. The van der Waals surface area contributed by atoms with Crippen LogP contribution < -0.4 is 15.0 Å². The number of aromatic nitrogens is 1. The summed E-state index contributed by atoms with van der Waals surface area (Å²) in [5.74, 6) is 0.217. The molecule has 1 aromatic heterocycles. The van der Waals surface area contributed by atoms with Crippen LogP contribution in [0, 0.1) is 0 Å². The lowest BCUT2D eigenvalue weighted by Gasteiger charge is -2.41. The normalized spacial score (nSPS) is 12.7. The van der Waals surface area contributed by atoms with Crippen LogP contribution in [0.5, 0.6) is 11.5 Å². The second-order valence-corrected chi connectivity index (χ2v) is 20.7. The molecule has 4 rings (SSSR count). The smallest absolute Gasteiger partial charge is 0.410 e. The number of pyridine rings is 1. The highest BCUT2D eigenvalue weighted by Crippen LogP contribution is 2.42. The number of carbonyl (C=O) groups excluding carboxylic acids is 1. The molecule has 0 saturated carbocycles. The molecule has 0 fully saturated rings. The Hall–Kier alpha value is -4.61. The standard InChI is InChI=1S/C42H56N2O8Si/c1-41(2,3)51-40(48)44(26-14-9-10-15-27-49-32-20-18-31(19-21-32)39(46)47)28-36(52-53(7,8)42(4,5)6)33-22-24-35(38-34(33)23-25-37(45)43-38)50-29-30-16-12-11-13-17-30/h11-13,16-25,36H,9-10,14-15,26-29H2,1-8H3,(H,43,45)(H,46,47)/t36-/m0/s1. The Kier molecular flexibility index (Phi) is 13.9. The fraction of sp³-hybridized carbons (Fsp3) is 0.452. The number of carbonyl (C=O) groups is 2. The van der Waals surface area contributed by atoms with Gasteiger partial charge >= 0.3 is 12.1 Å². The predicted molar refractivity (Wildman–Crippen MR) is 212 cm³/mol. The first kappa shape index (κ1) is 41.1. The number of nitrogens with one attached hydrogen (secondary N) is 1. The van der Waals surface area contributed by atoms with Crippen LogP contribution in [0.2, 0.25) is 18.1 Å². The number of carboxylic acid groups (broad SMARTS) is 1. The number of ether oxygens (including phenoxy) is 3. The van der Waals surface area contributed by atoms with Crippen molar-refractivity contribution in [2.75, 3.05) is 19.7 Å². The number of aromatic carboxylic acids is 1. The van der Waals surface area contributed by atoms with Crippen LogP contribution in [0.1, 0.15) is 94.8 Å². The molecular formula is C42H56N2O8Si. The van der Waals surface area contributed by atoms with Gasteiger partial charge in [0.15, 0.2) is 8.32 Å². The van der Waals surface area contributed by atoms with Crippen molar-refractivity contribution in [3.8, 4) is 11.5 Å². The molecule has 3 aromatic carbocycles. The van der Waals surface area contributed by atoms with Gasteiger partial charge in [-0.15, -0.1) is 0 Å². The number of hydrogen-bond acceptors (Lipinski definition) is 7. The van der Waals surface area contributed by atoms with Crippen LogP contribution in [0.3, 0.4) is 0 Å². The zero-order valence-electron chi connectivity index (χ0n) is 32.5. The van der Waals surface area contributed by atoms with E-state index in [4.69, 9.17) is 23.7 Å². The van der Waals surface area contributed by atoms with Gasteiger partial charge in [-0.05, 0) is 99.3 Å². The molecule has 0 aliphatic heterocycles. The second kappa shape index (κ2) is 17.9. The molecule has 4 aromatic rings. The third kappa shape index (κ3) is 12.2. The highest BCUT2D eigenvalue weighted by Gasteiger charge is 2.41. The van der Waals surface area contributed by atoms with Crippen LogP contribution in [-0.2, 0) is 15.8 Å². The quantitative estimate of drug-likeness (QED) is 0.0808. The number of nitrogens with zero attached hydrogens (tertiary/aromatic N) is 1. The van der Waals surface area contributed by atoms with Crippen molar-refractivity contribution in [2.24, 2.45) is 0 Å². The lowest BCUT2D eigenvalue weighted by molar-refractivity contribution is 0.0153. The van der Waals surface area contributed by atoms with Crippen molar-refractivity contribution < 1.29 is 33.3 Å². The zero-order valence-corrected chi connectivity index (χ0v) is 33.5. The fourth-order valence-electron chi connectivity index (χ4n) is 5.54. The minimum atomic E-state index is -2.39. The van der Waals surface area contributed by atoms with E-state index in [9.17, 15) is 14.4 Å². The molecule has 0 unspecified atom stereocenters. The van der Waals surface area contributed by atoms with Gasteiger partial charge in [0, 0.05) is 18.0 Å². The highest BCUT2D eigenvalue weighted by molar-refractivity contribution is 6.74. The number of amides is 1. The van der Waals surface area contributed by atoms with Gasteiger partial charge < -0.3 is 33.6 Å². The Labute approximate surface area is 314 Å². The van der Waals surface area contributed by atoms with Crippen LogP contribution in [-0.4, -0.2) is 60.7 Å². The van der Waals surface area contributed by atoms with E-state index in [2.05, 4.69) is 38.8 Å². The molecule has 1 amide bonds. The SMILES string of the molecule is CC(C)(C)OC(=O)N(CCCCCCOc1ccc(C(=O)O)cc1)C[C@H](O[Si](C)(C)C(C)(C)C)c1ccc(OCc2ccccc2)c2[nH]c(=O)ccc12. The Balaban J connectivity index is 1.55. The minimum absolute atomic E-state index is 0.106. The van der Waals surface area contributed by atoms with Crippen molar-refractivity contribution in [2.45, 2.75) is 104 Å². The van der Waals surface area contributed by atoms with E-state index < -0.39 is 32.1 Å². The molecule has 1 atom stereocenters. The van der Waals surface area contributed by atoms with E-state index in [1.54, 1.807) is 23.1 Å². The van der Waals surface area contributed by atoms with Crippen molar-refractivity contribution in [3.05, 3.63) is 106 Å². The molecule has 0 aliphatic rings. The van der Waals surface area contributed by atoms with Gasteiger partial charge in [-0.3, -0.25) is 4.79 Å². The van der Waals surface area contributed by atoms with Crippen LogP contribution in [0.15, 0.2) is 83.7 Å². The maximum absolute atomic E-state index is 13.8. The van der Waals surface area contributed by atoms with E-state index in [0.717, 1.165) is 42.2 Å². The van der Waals surface area contributed by atoms with E-state index >= 15 is 0 Å². The molecule has 2 N–H and O–H groups in total. The van der Waals surface area contributed by atoms with E-state index in [1.807, 2.05) is 63.2 Å². The zero-order chi connectivity index (χ0) is 38.8. The summed E-state index contributed by atoms with van der Waals surface area (Å²) >= 11 is 0. The summed E-state index contributed by atoms with van der Waals surface area (Å²) in [5, 5.41) is 9.79. The Morgan fingerprint density at radius 1 is 0.830 bits per heavy atom. The summed E-state index contributed by atoms with van der Waals surface area (Å²) in [6.07, 6.45) is 2.40. The molecule has 0 spiro atoms. The van der Waals surface area contributed by atoms with Crippen LogP contribution in [0.4, 0.5) is 4.79 Å². The fourth-order valence-corrected chi connectivity index (χ4v) is 6.81. The molecule has 11 heteroatoms. The van der Waals surface area contributed by atoms with Gasteiger partial charge in [0.25, 0.3) is 0 Å². The van der Waals surface area contributed by atoms with Crippen molar-refractivity contribution >= 4 is 31.3 Å². The molecule has 10 nitrogen and oxygen atoms in total. The van der Waals surface area contributed by atoms with Crippen molar-refractivity contribution in [3.63, 3.8) is 0 Å². The predicted octanol–water partition coefficient (Wildman–Crippen LogP) is 9.74. The van der Waals surface area contributed by atoms with Gasteiger partial charge in [0.05, 0.1) is 30.3 Å². The number of carboxylic acids is 1. The monoisotopic (exact) mass is 744 g/mol. The second-order valence-electron chi connectivity index (χ2n) is 15.9. The van der Waals surface area contributed by atoms with Gasteiger partial charge in [0.1, 0.15) is 23.7 Å². The number of rotatable bonds is 17. The topological polar surface area (TPSA) is 127 Å². The van der Waals surface area contributed by atoms with Crippen molar-refractivity contribution in [1.82, 2.24) is 9.88 Å².